The second-order valence-electron chi connectivity index (χ2n) is 9.80. The van der Waals surface area contributed by atoms with Gasteiger partial charge in [0.05, 0.1) is 35.8 Å². The monoisotopic (exact) mass is 603 g/mol. The number of carboxylic acids is 2. The minimum Gasteiger partial charge on any atom is -0.481 e. The zero-order valence-electron chi connectivity index (χ0n) is 23.7. The number of aromatic nitrogens is 4. The van der Waals surface area contributed by atoms with Crippen molar-refractivity contribution in [3.63, 3.8) is 0 Å². The fourth-order valence-corrected chi connectivity index (χ4v) is 3.97. The van der Waals surface area contributed by atoms with Crippen molar-refractivity contribution in [1.82, 2.24) is 25.3 Å². The van der Waals surface area contributed by atoms with Crippen LogP contribution >= 0.6 is 0 Å². The smallest absolute Gasteiger partial charge is 0.340 e. The molecule has 228 valence electrons. The molecule has 1 unspecified atom stereocenters. The van der Waals surface area contributed by atoms with E-state index >= 15 is 0 Å². The molecule has 0 bridgehead atoms. The number of nitrogens with zero attached hydrogens (tertiary/aromatic N) is 3. The van der Waals surface area contributed by atoms with Crippen LogP contribution in [-0.4, -0.2) is 66.1 Å². The van der Waals surface area contributed by atoms with E-state index in [-0.39, 0.29) is 47.3 Å². The average Bonchev–Trinajstić information content (AvgIpc) is 2.98. The number of nitrogens with one attached hydrogen (secondary N) is 4. The van der Waals surface area contributed by atoms with Gasteiger partial charge in [-0.3, -0.25) is 19.4 Å². The van der Waals surface area contributed by atoms with Crippen molar-refractivity contribution in [3.05, 3.63) is 81.9 Å². The predicted octanol–water partition coefficient (Wildman–Crippen LogP) is 2.68. The molecule has 6 N–H and O–H groups in total. The highest BCUT2D eigenvalue weighted by Crippen LogP contribution is 2.20. The summed E-state index contributed by atoms with van der Waals surface area (Å²) in [6.45, 7) is 3.66. The summed E-state index contributed by atoms with van der Waals surface area (Å²) < 4.78 is 5.28. The van der Waals surface area contributed by atoms with Crippen LogP contribution in [0.15, 0.2) is 59.5 Å². The molecule has 44 heavy (non-hydrogen) atoms. The maximum atomic E-state index is 12.8. The fourth-order valence-electron chi connectivity index (χ4n) is 3.97. The second-order valence-corrected chi connectivity index (χ2v) is 9.80. The van der Waals surface area contributed by atoms with Crippen LogP contribution in [0.3, 0.4) is 0 Å². The van der Waals surface area contributed by atoms with Gasteiger partial charge in [-0.05, 0) is 56.7 Å². The normalized spacial score (nSPS) is 11.5. The minimum atomic E-state index is -1.34. The van der Waals surface area contributed by atoms with Gasteiger partial charge in [-0.15, -0.1) is 0 Å². The van der Waals surface area contributed by atoms with E-state index in [0.717, 1.165) is 0 Å². The van der Waals surface area contributed by atoms with Gasteiger partial charge >= 0.3 is 17.9 Å². The molecule has 2 heterocycles. The van der Waals surface area contributed by atoms with Crippen LogP contribution in [0.5, 0.6) is 0 Å². The number of ether oxygens (including phenoxy) is 1. The molecule has 2 aromatic heterocycles. The molecule has 0 saturated heterocycles. The number of benzene rings is 2. The van der Waals surface area contributed by atoms with E-state index in [4.69, 9.17) is 9.84 Å². The number of fused-ring (bicyclic) bond motifs is 1. The Morgan fingerprint density at radius 1 is 1.00 bits per heavy atom. The van der Waals surface area contributed by atoms with E-state index in [1.54, 1.807) is 50.2 Å². The molecule has 0 aliphatic carbocycles. The first-order valence-electron chi connectivity index (χ1n) is 13.4. The summed E-state index contributed by atoms with van der Waals surface area (Å²) in [4.78, 5) is 75.3. The van der Waals surface area contributed by atoms with Crippen molar-refractivity contribution < 1.29 is 34.1 Å². The zero-order valence-corrected chi connectivity index (χ0v) is 23.7. The Morgan fingerprint density at radius 2 is 1.73 bits per heavy atom. The predicted molar refractivity (Wildman–Crippen MR) is 158 cm³/mol. The molecule has 1 atom stereocenters. The summed E-state index contributed by atoms with van der Waals surface area (Å²) >= 11 is 0. The molecule has 0 saturated carbocycles. The molecular formula is C29H29N7O8. The molecule has 1 amide bonds. The quantitative estimate of drug-likeness (QED) is 0.121. The third-order valence-electron chi connectivity index (χ3n) is 6.08. The summed E-state index contributed by atoms with van der Waals surface area (Å²) in [5, 5.41) is 26.4. The second kappa shape index (κ2) is 13.9. The summed E-state index contributed by atoms with van der Waals surface area (Å²) in [6.07, 6.45) is 0.491. The molecule has 0 radical (unpaired) electrons. The van der Waals surface area contributed by atoms with Gasteiger partial charge in [0.25, 0.3) is 11.5 Å². The van der Waals surface area contributed by atoms with Gasteiger partial charge in [-0.1, -0.05) is 12.1 Å². The first-order valence-corrected chi connectivity index (χ1v) is 13.4. The van der Waals surface area contributed by atoms with Crippen molar-refractivity contribution in [3.8, 4) is 0 Å². The van der Waals surface area contributed by atoms with Crippen molar-refractivity contribution in [1.29, 1.82) is 0 Å². The number of esters is 1. The molecule has 2 aromatic carbocycles. The van der Waals surface area contributed by atoms with E-state index in [1.165, 1.54) is 18.3 Å². The van der Waals surface area contributed by atoms with Crippen LogP contribution in [0, 0.1) is 0 Å². The zero-order chi connectivity index (χ0) is 31.8. The third kappa shape index (κ3) is 8.12. The summed E-state index contributed by atoms with van der Waals surface area (Å²) in [6, 6.07) is 11.5. The summed E-state index contributed by atoms with van der Waals surface area (Å²) in [5.41, 5.74) is 1.41. The summed E-state index contributed by atoms with van der Waals surface area (Å²) in [7, 11) is 0. The number of H-pyrrole nitrogens is 1. The van der Waals surface area contributed by atoms with Gasteiger partial charge in [-0.25, -0.2) is 19.6 Å². The van der Waals surface area contributed by atoms with Crippen LogP contribution in [-0.2, 0) is 20.9 Å². The SMILES string of the molecule is CC(C)OC(=O)c1ccccc1Nc1nc2ncc(CNc3ccc(C(=O)NC(CCC(=O)O)C(=O)O)cc3)nc2c(=O)[nH]1. The number of carboxylic acid groups (broad SMARTS) is 2. The van der Waals surface area contributed by atoms with Gasteiger partial charge in [0.2, 0.25) is 5.95 Å². The number of para-hydroxylation sites is 1. The number of carbonyl (C=O) groups is 4. The van der Waals surface area contributed by atoms with Gasteiger partial charge in [-0.2, -0.15) is 4.98 Å². The minimum absolute atomic E-state index is 0.00487. The van der Waals surface area contributed by atoms with E-state index in [0.29, 0.717) is 17.1 Å². The lowest BCUT2D eigenvalue weighted by Gasteiger charge is -2.14. The molecule has 0 aliphatic rings. The highest BCUT2D eigenvalue weighted by atomic mass is 16.5. The number of aliphatic carboxylic acids is 2. The molecule has 0 spiro atoms. The fraction of sp³-hybridized carbons (Fsp3) is 0.241. The van der Waals surface area contributed by atoms with Crippen molar-refractivity contribution in [2.24, 2.45) is 0 Å². The maximum Gasteiger partial charge on any atom is 0.340 e. The molecule has 15 heteroatoms. The Balaban J connectivity index is 1.41. The third-order valence-corrected chi connectivity index (χ3v) is 6.08. The Kier molecular flexibility index (Phi) is 9.80. The number of hydrogen-bond donors (Lipinski definition) is 6. The molecule has 0 fully saturated rings. The molecule has 4 rings (SSSR count). The molecule has 0 aliphatic heterocycles. The van der Waals surface area contributed by atoms with E-state index < -0.39 is 41.8 Å². The van der Waals surface area contributed by atoms with Crippen molar-refractivity contribution in [2.75, 3.05) is 10.6 Å². The Bertz CT molecular complexity index is 1760. The maximum absolute atomic E-state index is 12.8. The van der Waals surface area contributed by atoms with Crippen LogP contribution in [0.2, 0.25) is 0 Å². The van der Waals surface area contributed by atoms with E-state index in [2.05, 4.69) is 35.9 Å². The number of hydrogen-bond acceptors (Lipinski definition) is 11. The number of amides is 1. The standard InChI is InChI=1S/C29H29N7O8/c1-15(2)44-28(43)19-5-3-4-6-20(19)34-29-35-24-23(26(40)36-29)32-18(14-31-24)13-30-17-9-7-16(8-10-17)25(39)33-21(27(41)42)11-12-22(37)38/h3-10,14-15,21,30H,11-13H2,1-2H3,(H,33,39)(H,37,38)(H,41,42)(H2,31,34,35,36,40). The Morgan fingerprint density at radius 3 is 2.41 bits per heavy atom. The number of aromatic amines is 1. The van der Waals surface area contributed by atoms with Gasteiger partial charge < -0.3 is 30.9 Å². The Labute approximate surface area is 249 Å². The van der Waals surface area contributed by atoms with Crippen molar-refractivity contribution >= 4 is 52.3 Å². The highest BCUT2D eigenvalue weighted by molar-refractivity contribution is 5.97. The lowest BCUT2D eigenvalue weighted by atomic mass is 10.1. The number of anilines is 3. The average molecular weight is 604 g/mol. The summed E-state index contributed by atoms with van der Waals surface area (Å²) in [5.74, 6) is -3.61. The van der Waals surface area contributed by atoms with Crippen LogP contribution in [0.4, 0.5) is 17.3 Å². The number of rotatable bonds is 13. The first kappa shape index (κ1) is 31.1. The topological polar surface area (TPSA) is 226 Å². The lowest BCUT2D eigenvalue weighted by molar-refractivity contribution is -0.140. The van der Waals surface area contributed by atoms with E-state index in [1.807, 2.05) is 0 Å². The Hall–Kier alpha value is -5.86. The highest BCUT2D eigenvalue weighted by Gasteiger charge is 2.21. The molecule has 4 aromatic rings. The van der Waals surface area contributed by atoms with Gasteiger partial charge in [0, 0.05) is 17.7 Å². The van der Waals surface area contributed by atoms with Crippen LogP contribution in [0.1, 0.15) is 53.1 Å². The van der Waals surface area contributed by atoms with Crippen LogP contribution in [0.25, 0.3) is 11.2 Å². The molecule has 15 nitrogen and oxygen atoms in total. The molecular weight excluding hydrogens is 574 g/mol. The van der Waals surface area contributed by atoms with Crippen LogP contribution < -0.4 is 21.5 Å². The van der Waals surface area contributed by atoms with Crippen molar-refractivity contribution in [2.45, 2.75) is 45.4 Å². The number of carbonyl (C=O) groups excluding carboxylic acids is 2. The van der Waals surface area contributed by atoms with Gasteiger partial charge in [0.15, 0.2) is 11.2 Å². The van der Waals surface area contributed by atoms with Gasteiger partial charge in [0.1, 0.15) is 6.04 Å². The lowest BCUT2D eigenvalue weighted by Crippen LogP contribution is -2.41. The first-order chi connectivity index (χ1) is 21.0. The van der Waals surface area contributed by atoms with E-state index in [9.17, 15) is 29.1 Å². The largest absolute Gasteiger partial charge is 0.481 e.